The van der Waals surface area contributed by atoms with Crippen LogP contribution in [0, 0.1) is 5.82 Å². The minimum absolute atomic E-state index is 0.209. The third kappa shape index (κ3) is 6.04. The molecule has 1 fully saturated rings. The van der Waals surface area contributed by atoms with Gasteiger partial charge in [-0.15, -0.1) is 5.10 Å². The number of hydrogen-bond donors (Lipinski definition) is 1. The number of aromatic nitrogens is 5. The summed E-state index contributed by atoms with van der Waals surface area (Å²) in [4.78, 5) is 11.3. The van der Waals surface area contributed by atoms with Crippen LogP contribution in [0.3, 0.4) is 0 Å². The van der Waals surface area contributed by atoms with Crippen molar-refractivity contribution in [1.82, 2.24) is 29.9 Å². The molecule has 1 saturated heterocycles. The minimum atomic E-state index is -0.305. The van der Waals surface area contributed by atoms with Gasteiger partial charge in [-0.2, -0.15) is 0 Å². The van der Waals surface area contributed by atoms with E-state index in [4.69, 9.17) is 16.3 Å². The first kappa shape index (κ1) is 27.0. The fraction of sp³-hybridized carbons (Fsp3) is 0.152. The van der Waals surface area contributed by atoms with Gasteiger partial charge in [0.25, 0.3) is 0 Å². The van der Waals surface area contributed by atoms with Crippen LogP contribution < -0.4 is 10.1 Å². The smallest absolute Gasteiger partial charge is 0.141 e. The first-order chi connectivity index (χ1) is 21.1. The number of benzene rings is 4. The van der Waals surface area contributed by atoms with E-state index in [1.54, 1.807) is 24.3 Å². The van der Waals surface area contributed by atoms with Gasteiger partial charge in [0.2, 0.25) is 0 Å². The molecule has 1 N–H and O–H groups in total. The molecule has 10 heteroatoms. The standard InChI is InChI=1S/C33H27ClFN7O/c34-29-15-26(10-12-32(29)43-20-23-7-4-8-25(35)13-23)38-33-28-14-24(9-11-30(28)36-21-37-33)31-19-42(40-39-31)27-17-41(18-27)16-22-5-2-1-3-6-22/h1-15,19,21,27H,16-18,20H2,(H,36,37,38). The first-order valence-electron chi connectivity index (χ1n) is 13.9. The molecule has 0 bridgehead atoms. The quantitative estimate of drug-likeness (QED) is 0.193. The van der Waals surface area contributed by atoms with Crippen LogP contribution in [0.4, 0.5) is 15.9 Å². The Kier molecular flexibility index (Phi) is 7.40. The van der Waals surface area contributed by atoms with Crippen LogP contribution in [-0.2, 0) is 13.2 Å². The lowest BCUT2D eigenvalue weighted by atomic mass is 10.1. The number of halogens is 2. The van der Waals surface area contributed by atoms with Crippen LogP contribution in [0.15, 0.2) is 104 Å². The van der Waals surface area contributed by atoms with Crippen molar-refractivity contribution in [2.75, 3.05) is 18.4 Å². The fourth-order valence-corrected chi connectivity index (χ4v) is 5.44. The average molecular weight is 592 g/mol. The van der Waals surface area contributed by atoms with E-state index in [9.17, 15) is 4.39 Å². The maximum absolute atomic E-state index is 13.5. The topological polar surface area (TPSA) is 81.0 Å². The summed E-state index contributed by atoms with van der Waals surface area (Å²) in [6.45, 7) is 3.03. The summed E-state index contributed by atoms with van der Waals surface area (Å²) in [5.41, 5.74) is 5.29. The molecular formula is C33H27ClFN7O. The van der Waals surface area contributed by atoms with Crippen molar-refractivity contribution >= 4 is 34.0 Å². The van der Waals surface area contributed by atoms with Gasteiger partial charge in [-0.25, -0.2) is 19.0 Å². The molecule has 214 valence electrons. The second-order valence-corrected chi connectivity index (χ2v) is 11.0. The maximum Gasteiger partial charge on any atom is 0.141 e. The van der Waals surface area contributed by atoms with Crippen molar-refractivity contribution in [1.29, 1.82) is 0 Å². The molecule has 6 aromatic rings. The highest BCUT2D eigenvalue weighted by molar-refractivity contribution is 6.32. The third-order valence-electron chi connectivity index (χ3n) is 7.48. The van der Waals surface area contributed by atoms with Crippen LogP contribution in [-0.4, -0.2) is 43.0 Å². The molecule has 2 aromatic heterocycles. The summed E-state index contributed by atoms with van der Waals surface area (Å²) in [6.07, 6.45) is 3.53. The van der Waals surface area contributed by atoms with Crippen LogP contribution in [0.5, 0.6) is 5.75 Å². The van der Waals surface area contributed by atoms with Gasteiger partial charge in [0.15, 0.2) is 0 Å². The van der Waals surface area contributed by atoms with Crippen molar-refractivity contribution in [3.63, 3.8) is 0 Å². The normalized spacial score (nSPS) is 13.6. The number of likely N-dealkylation sites (tertiary alicyclic amines) is 1. The summed E-state index contributed by atoms with van der Waals surface area (Å²) >= 11 is 6.52. The first-order valence-corrected chi connectivity index (χ1v) is 14.3. The zero-order chi connectivity index (χ0) is 29.2. The van der Waals surface area contributed by atoms with Gasteiger partial charge in [-0.3, -0.25) is 4.90 Å². The Labute approximate surface area is 252 Å². The Hall–Kier alpha value is -4.86. The van der Waals surface area contributed by atoms with Gasteiger partial charge in [0.1, 0.15) is 36.0 Å². The minimum Gasteiger partial charge on any atom is -0.487 e. The number of nitrogens with one attached hydrogen (secondary N) is 1. The molecule has 0 atom stereocenters. The zero-order valence-electron chi connectivity index (χ0n) is 23.1. The number of rotatable bonds is 9. The molecule has 3 heterocycles. The zero-order valence-corrected chi connectivity index (χ0v) is 23.8. The van der Waals surface area contributed by atoms with E-state index < -0.39 is 0 Å². The molecule has 0 aliphatic carbocycles. The van der Waals surface area contributed by atoms with Gasteiger partial charge in [0.05, 0.1) is 22.8 Å². The predicted molar refractivity (Wildman–Crippen MR) is 165 cm³/mol. The summed E-state index contributed by atoms with van der Waals surface area (Å²) in [6, 6.07) is 28.5. The molecule has 0 saturated carbocycles. The lowest BCUT2D eigenvalue weighted by Gasteiger charge is -2.38. The van der Waals surface area contributed by atoms with Crippen LogP contribution >= 0.6 is 11.6 Å². The van der Waals surface area contributed by atoms with Gasteiger partial charge in [0, 0.05) is 36.3 Å². The van der Waals surface area contributed by atoms with E-state index >= 15 is 0 Å². The van der Waals surface area contributed by atoms with Crippen molar-refractivity contribution in [2.24, 2.45) is 0 Å². The Balaban J connectivity index is 1.04. The Morgan fingerprint density at radius 2 is 1.77 bits per heavy atom. The lowest BCUT2D eigenvalue weighted by molar-refractivity contribution is 0.0896. The van der Waals surface area contributed by atoms with Crippen LogP contribution in [0.1, 0.15) is 17.2 Å². The largest absolute Gasteiger partial charge is 0.487 e. The molecule has 4 aromatic carbocycles. The molecule has 43 heavy (non-hydrogen) atoms. The van der Waals surface area contributed by atoms with Crippen molar-refractivity contribution < 1.29 is 9.13 Å². The van der Waals surface area contributed by atoms with E-state index in [0.29, 0.717) is 22.6 Å². The maximum atomic E-state index is 13.5. The molecule has 0 unspecified atom stereocenters. The molecule has 0 spiro atoms. The van der Waals surface area contributed by atoms with Crippen LogP contribution in [0.25, 0.3) is 22.2 Å². The molecule has 0 amide bonds. The number of anilines is 2. The highest BCUT2D eigenvalue weighted by Gasteiger charge is 2.29. The van der Waals surface area contributed by atoms with Gasteiger partial charge in [-0.1, -0.05) is 65.3 Å². The van der Waals surface area contributed by atoms with E-state index in [1.165, 1.54) is 24.0 Å². The van der Waals surface area contributed by atoms with Crippen molar-refractivity contribution in [2.45, 2.75) is 19.2 Å². The summed E-state index contributed by atoms with van der Waals surface area (Å²) < 4.78 is 21.3. The second-order valence-electron chi connectivity index (χ2n) is 10.6. The molecule has 1 aliphatic heterocycles. The highest BCUT2D eigenvalue weighted by atomic mass is 35.5. The highest BCUT2D eigenvalue weighted by Crippen LogP contribution is 2.32. The number of fused-ring (bicyclic) bond motifs is 1. The molecular weight excluding hydrogens is 565 g/mol. The van der Waals surface area contributed by atoms with Gasteiger partial charge in [-0.05, 0) is 53.6 Å². The number of nitrogens with zero attached hydrogens (tertiary/aromatic N) is 6. The second kappa shape index (κ2) is 11.8. The Morgan fingerprint density at radius 1 is 0.907 bits per heavy atom. The molecule has 0 radical (unpaired) electrons. The lowest BCUT2D eigenvalue weighted by Crippen LogP contribution is -2.47. The van der Waals surface area contributed by atoms with E-state index in [-0.39, 0.29) is 12.4 Å². The molecule has 7 rings (SSSR count). The van der Waals surface area contributed by atoms with E-state index in [2.05, 4.69) is 54.8 Å². The Morgan fingerprint density at radius 3 is 2.60 bits per heavy atom. The van der Waals surface area contributed by atoms with Gasteiger partial charge >= 0.3 is 0 Å². The SMILES string of the molecule is Fc1cccc(COc2ccc(Nc3ncnc4ccc(-c5cn(C6CN(Cc7ccccc7)C6)nn5)cc34)cc2Cl)c1. The summed E-state index contributed by atoms with van der Waals surface area (Å²) in [5.74, 6) is 0.837. The molecule has 8 nitrogen and oxygen atoms in total. The van der Waals surface area contributed by atoms with Crippen LogP contribution in [0.2, 0.25) is 5.02 Å². The summed E-state index contributed by atoms with van der Waals surface area (Å²) in [5, 5.41) is 13.5. The van der Waals surface area contributed by atoms with Crippen molar-refractivity contribution in [3.8, 4) is 17.0 Å². The predicted octanol–water partition coefficient (Wildman–Crippen LogP) is 7.06. The average Bonchev–Trinajstić information content (AvgIpc) is 3.49. The monoisotopic (exact) mass is 591 g/mol. The molecule has 1 aliphatic rings. The third-order valence-corrected chi connectivity index (χ3v) is 7.78. The van der Waals surface area contributed by atoms with Gasteiger partial charge < -0.3 is 10.1 Å². The summed E-state index contributed by atoms with van der Waals surface area (Å²) in [7, 11) is 0. The fourth-order valence-electron chi connectivity index (χ4n) is 5.20. The van der Waals surface area contributed by atoms with Crippen molar-refractivity contribution in [3.05, 3.63) is 125 Å². The van der Waals surface area contributed by atoms with E-state index in [0.717, 1.165) is 53.0 Å². The Bertz CT molecular complexity index is 1890. The van der Waals surface area contributed by atoms with E-state index in [1.807, 2.05) is 41.2 Å². The number of hydrogen-bond acceptors (Lipinski definition) is 7. The number of ether oxygens (including phenoxy) is 1.